The van der Waals surface area contributed by atoms with Crippen molar-refractivity contribution in [3.8, 4) is 6.07 Å². The van der Waals surface area contributed by atoms with Crippen LogP contribution in [0.2, 0.25) is 0 Å². The summed E-state index contributed by atoms with van der Waals surface area (Å²) in [5, 5.41) is 28.2. The predicted molar refractivity (Wildman–Crippen MR) is 95.4 cm³/mol. The summed E-state index contributed by atoms with van der Waals surface area (Å²) in [6.07, 6.45) is 1.46. The zero-order valence-electron chi connectivity index (χ0n) is 13.7. The number of benzene rings is 2. The van der Waals surface area contributed by atoms with Crippen LogP contribution in [0.25, 0.3) is 5.57 Å². The molecule has 2 aromatic carbocycles. The third-order valence-corrected chi connectivity index (χ3v) is 3.51. The van der Waals surface area contributed by atoms with Crippen LogP contribution in [0.4, 0.5) is 5.69 Å². The van der Waals surface area contributed by atoms with Crippen LogP contribution in [0.1, 0.15) is 21.7 Å². The Kier molecular flexibility index (Phi) is 5.32. The van der Waals surface area contributed by atoms with Gasteiger partial charge in [-0.05, 0) is 29.0 Å². The number of carbonyl (C=O) groups is 1. The Labute approximate surface area is 149 Å². The Bertz CT molecular complexity index is 943. The lowest BCUT2D eigenvalue weighted by atomic mass is 10.1. The quantitative estimate of drug-likeness (QED) is 0.589. The lowest BCUT2D eigenvalue weighted by Crippen LogP contribution is -2.22. The monoisotopic (exact) mass is 345 g/mol. The zero-order valence-corrected chi connectivity index (χ0v) is 13.7. The van der Waals surface area contributed by atoms with Crippen LogP contribution in [-0.4, -0.2) is 26.5 Å². The fourth-order valence-electron chi connectivity index (χ4n) is 2.21. The molecule has 0 saturated heterocycles. The molecule has 0 bridgehead atoms. The second kappa shape index (κ2) is 8.21. The van der Waals surface area contributed by atoms with Crippen LogP contribution >= 0.6 is 0 Å². The van der Waals surface area contributed by atoms with E-state index >= 15 is 0 Å². The molecule has 8 nitrogen and oxygen atoms in total. The summed E-state index contributed by atoms with van der Waals surface area (Å²) in [5.74, 6) is 0.0110. The third kappa shape index (κ3) is 4.30. The van der Waals surface area contributed by atoms with E-state index in [1.54, 1.807) is 24.3 Å². The van der Waals surface area contributed by atoms with Crippen molar-refractivity contribution in [2.75, 3.05) is 5.32 Å². The minimum Gasteiger partial charge on any atom is -0.360 e. The molecule has 3 rings (SSSR count). The van der Waals surface area contributed by atoms with Gasteiger partial charge < -0.3 is 10.6 Å². The molecule has 128 valence electrons. The molecule has 0 atom stereocenters. The second-order valence-corrected chi connectivity index (χ2v) is 5.30. The minimum absolute atomic E-state index is 0.180. The minimum atomic E-state index is -0.180. The Hall–Kier alpha value is -3.99. The number of H-pyrrole nitrogens is 1. The standard InChI is InChI=1S/C18H15N7O/c19-10-15(17-22-24-25-23-17)12-20-16-8-4-7-14(9-16)18(26)21-11-13-5-2-1-3-6-13/h1-9,12,20H,11H2,(H,21,26)(H,22,23,24,25). The maximum absolute atomic E-state index is 12.3. The van der Waals surface area contributed by atoms with Crippen molar-refractivity contribution in [3.63, 3.8) is 0 Å². The number of nitrogens with one attached hydrogen (secondary N) is 3. The normalized spacial score (nSPS) is 10.8. The highest BCUT2D eigenvalue weighted by Crippen LogP contribution is 2.13. The van der Waals surface area contributed by atoms with E-state index in [0.717, 1.165) is 5.56 Å². The molecule has 1 amide bonds. The number of carbonyl (C=O) groups excluding carboxylic acids is 1. The van der Waals surface area contributed by atoms with Crippen LogP contribution in [0.3, 0.4) is 0 Å². The summed E-state index contributed by atoms with van der Waals surface area (Å²) in [6.45, 7) is 0.452. The van der Waals surface area contributed by atoms with Gasteiger partial charge in [0, 0.05) is 24.0 Å². The first-order valence-corrected chi connectivity index (χ1v) is 7.79. The average molecular weight is 345 g/mol. The molecule has 1 aromatic heterocycles. The maximum Gasteiger partial charge on any atom is 0.251 e. The number of hydrogen-bond acceptors (Lipinski definition) is 6. The number of rotatable bonds is 6. The molecule has 0 aliphatic rings. The topological polar surface area (TPSA) is 119 Å². The summed E-state index contributed by atoms with van der Waals surface area (Å²) in [7, 11) is 0. The summed E-state index contributed by atoms with van der Waals surface area (Å²) < 4.78 is 0. The molecular weight excluding hydrogens is 330 g/mol. The van der Waals surface area contributed by atoms with Gasteiger partial charge in [-0.2, -0.15) is 10.5 Å². The molecule has 8 heteroatoms. The molecular formula is C18H15N7O. The van der Waals surface area contributed by atoms with E-state index in [4.69, 9.17) is 5.26 Å². The SMILES string of the molecule is N#CC(=CNc1cccc(C(=O)NCc2ccccc2)c1)c1nn[nH]n1. The van der Waals surface area contributed by atoms with Crippen molar-refractivity contribution < 1.29 is 4.79 Å². The van der Waals surface area contributed by atoms with Crippen molar-refractivity contribution in [3.05, 3.63) is 77.7 Å². The average Bonchev–Trinajstić information content (AvgIpc) is 3.22. The number of amides is 1. The van der Waals surface area contributed by atoms with Crippen LogP contribution < -0.4 is 10.6 Å². The summed E-state index contributed by atoms with van der Waals surface area (Å²) >= 11 is 0. The maximum atomic E-state index is 12.3. The highest BCUT2D eigenvalue weighted by atomic mass is 16.1. The van der Waals surface area contributed by atoms with Gasteiger partial charge in [-0.1, -0.05) is 36.4 Å². The fourth-order valence-corrected chi connectivity index (χ4v) is 2.21. The Morgan fingerprint density at radius 1 is 1.19 bits per heavy atom. The van der Waals surface area contributed by atoms with Gasteiger partial charge in [0.2, 0.25) is 5.82 Å². The number of hydrogen-bond donors (Lipinski definition) is 3. The van der Waals surface area contributed by atoms with Gasteiger partial charge in [-0.25, -0.2) is 0 Å². The number of aromatic nitrogens is 4. The molecule has 26 heavy (non-hydrogen) atoms. The Morgan fingerprint density at radius 3 is 2.77 bits per heavy atom. The largest absolute Gasteiger partial charge is 0.360 e. The van der Waals surface area contributed by atoms with Crippen molar-refractivity contribution in [2.45, 2.75) is 6.54 Å². The lowest BCUT2D eigenvalue weighted by Gasteiger charge is -2.07. The molecule has 0 fully saturated rings. The summed E-state index contributed by atoms with van der Waals surface area (Å²) in [6, 6.07) is 18.6. The number of tetrazole rings is 1. The van der Waals surface area contributed by atoms with E-state index in [0.29, 0.717) is 17.8 Å². The van der Waals surface area contributed by atoms with Gasteiger partial charge in [0.1, 0.15) is 11.6 Å². The summed E-state index contributed by atoms with van der Waals surface area (Å²) in [4.78, 5) is 12.3. The number of allylic oxidation sites excluding steroid dienone is 1. The highest BCUT2D eigenvalue weighted by Gasteiger charge is 2.07. The molecule has 0 unspecified atom stereocenters. The number of nitriles is 1. The van der Waals surface area contributed by atoms with Gasteiger partial charge in [0.05, 0.1) is 0 Å². The van der Waals surface area contributed by atoms with Gasteiger partial charge >= 0.3 is 0 Å². The van der Waals surface area contributed by atoms with E-state index in [2.05, 4.69) is 31.3 Å². The smallest absolute Gasteiger partial charge is 0.251 e. The van der Waals surface area contributed by atoms with Crippen LogP contribution in [0.5, 0.6) is 0 Å². The van der Waals surface area contributed by atoms with Gasteiger partial charge in [0.25, 0.3) is 5.91 Å². The molecule has 0 saturated carbocycles. The molecule has 0 radical (unpaired) electrons. The molecule has 3 aromatic rings. The Balaban J connectivity index is 1.66. The number of nitrogens with zero attached hydrogens (tertiary/aromatic N) is 4. The van der Waals surface area contributed by atoms with E-state index in [-0.39, 0.29) is 17.3 Å². The third-order valence-electron chi connectivity index (χ3n) is 3.51. The Morgan fingerprint density at radius 2 is 2.04 bits per heavy atom. The molecule has 0 aliphatic carbocycles. The molecule has 0 aliphatic heterocycles. The molecule has 1 heterocycles. The van der Waals surface area contributed by atoms with E-state index < -0.39 is 0 Å². The van der Waals surface area contributed by atoms with Crippen molar-refractivity contribution in [2.24, 2.45) is 0 Å². The van der Waals surface area contributed by atoms with E-state index in [1.807, 2.05) is 36.4 Å². The van der Waals surface area contributed by atoms with Crippen LogP contribution in [0, 0.1) is 11.3 Å². The zero-order chi connectivity index (χ0) is 18.2. The van der Waals surface area contributed by atoms with Crippen molar-refractivity contribution >= 4 is 17.2 Å². The first-order chi connectivity index (χ1) is 12.8. The second-order valence-electron chi connectivity index (χ2n) is 5.30. The van der Waals surface area contributed by atoms with E-state index in [1.165, 1.54) is 6.20 Å². The van der Waals surface area contributed by atoms with Crippen molar-refractivity contribution in [1.82, 2.24) is 25.9 Å². The first-order valence-electron chi connectivity index (χ1n) is 7.79. The number of aromatic amines is 1. The first kappa shape index (κ1) is 16.9. The van der Waals surface area contributed by atoms with Crippen LogP contribution in [0.15, 0.2) is 60.8 Å². The van der Waals surface area contributed by atoms with Crippen molar-refractivity contribution in [1.29, 1.82) is 5.26 Å². The molecule has 0 spiro atoms. The van der Waals surface area contributed by atoms with Gasteiger partial charge in [0.15, 0.2) is 0 Å². The summed E-state index contributed by atoms with van der Waals surface area (Å²) in [5.41, 5.74) is 2.42. The van der Waals surface area contributed by atoms with E-state index in [9.17, 15) is 4.79 Å². The van der Waals surface area contributed by atoms with Gasteiger partial charge in [-0.15, -0.1) is 10.2 Å². The molecule has 3 N–H and O–H groups in total. The number of anilines is 1. The van der Waals surface area contributed by atoms with Gasteiger partial charge in [-0.3, -0.25) is 4.79 Å². The lowest BCUT2D eigenvalue weighted by molar-refractivity contribution is 0.0951. The predicted octanol–water partition coefficient (Wildman–Crippen LogP) is 2.11. The highest BCUT2D eigenvalue weighted by molar-refractivity contribution is 5.95. The fraction of sp³-hybridized carbons (Fsp3) is 0.0556. The van der Waals surface area contributed by atoms with Crippen LogP contribution in [-0.2, 0) is 6.54 Å².